The van der Waals surface area contributed by atoms with Gasteiger partial charge in [-0.1, -0.05) is 237 Å². The first-order valence-corrected chi connectivity index (χ1v) is 27.7. The van der Waals surface area contributed by atoms with Gasteiger partial charge in [0.2, 0.25) is 0 Å². The van der Waals surface area contributed by atoms with E-state index in [4.69, 9.17) is 8.83 Å². The summed E-state index contributed by atoms with van der Waals surface area (Å²) in [6.45, 7) is 0. The molecule has 4 nitrogen and oxygen atoms in total. The van der Waals surface area contributed by atoms with Gasteiger partial charge >= 0.3 is 0 Å². The van der Waals surface area contributed by atoms with Gasteiger partial charge in [-0.3, -0.25) is 0 Å². The van der Waals surface area contributed by atoms with Gasteiger partial charge in [-0.25, -0.2) is 0 Å². The van der Waals surface area contributed by atoms with Crippen molar-refractivity contribution < 1.29 is 8.83 Å². The minimum absolute atomic E-state index is 0.801. The predicted molar refractivity (Wildman–Crippen MR) is 336 cm³/mol. The molecule has 15 aromatic rings. The van der Waals surface area contributed by atoms with Crippen LogP contribution in [0.5, 0.6) is 0 Å². The van der Waals surface area contributed by atoms with Crippen LogP contribution in [0.4, 0.5) is 34.1 Å². The monoisotopic (exact) mass is 1030 g/mol. The van der Waals surface area contributed by atoms with Crippen molar-refractivity contribution >= 4 is 88.8 Å². The lowest BCUT2D eigenvalue weighted by molar-refractivity contribution is 0.668. The summed E-state index contributed by atoms with van der Waals surface area (Å²) in [5.41, 5.74) is 20.4. The van der Waals surface area contributed by atoms with E-state index in [1.165, 1.54) is 44.5 Å². The van der Waals surface area contributed by atoms with E-state index >= 15 is 0 Å². The molecule has 2 heterocycles. The Morgan fingerprint density at radius 2 is 0.667 bits per heavy atom. The second kappa shape index (κ2) is 18.8. The summed E-state index contributed by atoms with van der Waals surface area (Å²) in [5.74, 6) is 0. The van der Waals surface area contributed by atoms with Gasteiger partial charge in [0.05, 0.1) is 22.5 Å². The number of para-hydroxylation sites is 4. The number of fused-ring (bicyclic) bond motifs is 11. The van der Waals surface area contributed by atoms with E-state index < -0.39 is 5.41 Å². The Morgan fingerprint density at radius 1 is 0.259 bits per heavy atom. The molecule has 13 aromatic carbocycles. The molecule has 0 spiro atoms. The molecule has 0 radical (unpaired) electrons. The van der Waals surface area contributed by atoms with E-state index in [0.717, 1.165) is 99.9 Å². The van der Waals surface area contributed by atoms with Crippen LogP contribution in [0.1, 0.15) is 22.3 Å². The van der Waals surface area contributed by atoms with Gasteiger partial charge in [-0.2, -0.15) is 0 Å². The fourth-order valence-electron chi connectivity index (χ4n) is 13.2. The average Bonchev–Trinajstić information content (AvgIpc) is 2.30. The van der Waals surface area contributed by atoms with Crippen molar-refractivity contribution in [1.29, 1.82) is 0 Å². The number of hydrogen-bond donors (Lipinski definition) is 0. The molecule has 81 heavy (non-hydrogen) atoms. The van der Waals surface area contributed by atoms with Crippen molar-refractivity contribution in [2.24, 2.45) is 0 Å². The van der Waals surface area contributed by atoms with Crippen LogP contribution in [0, 0.1) is 0 Å². The second-order valence-electron chi connectivity index (χ2n) is 21.1. The summed E-state index contributed by atoms with van der Waals surface area (Å²) in [6, 6.07) is 110. The second-order valence-corrected chi connectivity index (χ2v) is 21.1. The Kier molecular flexibility index (Phi) is 10.8. The number of anilines is 6. The van der Waals surface area contributed by atoms with Crippen LogP contribution in [0.25, 0.3) is 88.0 Å². The van der Waals surface area contributed by atoms with Crippen molar-refractivity contribution in [2.45, 2.75) is 5.41 Å². The van der Waals surface area contributed by atoms with Crippen LogP contribution >= 0.6 is 0 Å². The third-order valence-electron chi connectivity index (χ3n) is 16.7. The molecule has 1 aliphatic rings. The van der Waals surface area contributed by atoms with Crippen LogP contribution < -0.4 is 9.80 Å². The maximum absolute atomic E-state index is 6.96. The van der Waals surface area contributed by atoms with Crippen molar-refractivity contribution in [3.05, 3.63) is 326 Å². The molecular formula is C77H50N2O2. The highest BCUT2D eigenvalue weighted by Gasteiger charge is 2.48. The molecule has 0 saturated carbocycles. The van der Waals surface area contributed by atoms with Gasteiger partial charge in [0.25, 0.3) is 0 Å². The van der Waals surface area contributed by atoms with E-state index in [1.807, 2.05) is 12.1 Å². The predicted octanol–water partition coefficient (Wildman–Crippen LogP) is 21.3. The molecule has 0 bridgehead atoms. The fraction of sp³-hybridized carbons (Fsp3) is 0.0130. The summed E-state index contributed by atoms with van der Waals surface area (Å²) in [4.78, 5) is 4.83. The number of hydrogen-bond acceptors (Lipinski definition) is 4. The number of benzene rings is 13. The largest absolute Gasteiger partial charge is 0.454 e. The van der Waals surface area contributed by atoms with Gasteiger partial charge in [0, 0.05) is 44.0 Å². The molecule has 0 saturated heterocycles. The molecular weight excluding hydrogens is 985 g/mol. The molecule has 1 aliphatic carbocycles. The lowest BCUT2D eigenvalue weighted by Gasteiger charge is -2.36. The highest BCUT2D eigenvalue weighted by atomic mass is 16.3. The molecule has 2 aromatic heterocycles. The molecule has 0 amide bonds. The minimum Gasteiger partial charge on any atom is -0.454 e. The summed E-state index contributed by atoms with van der Waals surface area (Å²) >= 11 is 0. The summed E-state index contributed by atoms with van der Waals surface area (Å²) in [6.07, 6.45) is 0. The van der Waals surface area contributed by atoms with Gasteiger partial charge in [0.1, 0.15) is 11.2 Å². The Hall–Kier alpha value is -10.7. The van der Waals surface area contributed by atoms with Gasteiger partial charge < -0.3 is 18.6 Å². The van der Waals surface area contributed by atoms with E-state index in [2.05, 4.69) is 301 Å². The molecule has 0 atom stereocenters. The van der Waals surface area contributed by atoms with Crippen molar-refractivity contribution in [1.82, 2.24) is 0 Å². The normalized spacial score (nSPS) is 12.5. The molecule has 0 aliphatic heterocycles. The van der Waals surface area contributed by atoms with E-state index in [-0.39, 0.29) is 0 Å². The topological polar surface area (TPSA) is 32.8 Å². The SMILES string of the molecule is c1ccc(-c2ccc(N(c3ccc4c(c3)C(c3ccccc3)(c3ccccc3)c3cc(N(c5ccc(-c6ccccc6)cc5)c5cccc6c5oc5ccccc56)c5ccccc5c3-4)c3cccc4c3oc3ccccc34)cc2)cc1. The first kappa shape index (κ1) is 46.4. The van der Waals surface area contributed by atoms with Gasteiger partial charge in [0.15, 0.2) is 11.2 Å². The molecule has 0 fully saturated rings. The first-order chi connectivity index (χ1) is 40.2. The van der Waals surface area contributed by atoms with Crippen LogP contribution in [0.2, 0.25) is 0 Å². The zero-order valence-corrected chi connectivity index (χ0v) is 44.1. The van der Waals surface area contributed by atoms with E-state index in [1.54, 1.807) is 0 Å². The zero-order chi connectivity index (χ0) is 53.4. The highest BCUT2D eigenvalue weighted by Crippen LogP contribution is 2.61. The maximum atomic E-state index is 6.96. The standard InChI is InChI=1S/C77H50N2O2/c1-5-21-51(22-6-1)53-39-43-57(44-40-53)78(69-35-19-33-64-61-30-15-17-37-72(61)80-75(64)69)59-47-48-66-67(49-59)77(55-25-9-3-10-26-55,56-27-11-4-12-28-56)68-50-71(60-29-13-14-32-63(60)74(66)68)79(58-45-41-54(42-46-58)52-23-7-2-8-24-52)70-36-20-34-65-62-31-16-18-38-73(62)81-76(65)70/h1-50H. The molecule has 380 valence electrons. The zero-order valence-electron chi connectivity index (χ0n) is 44.1. The smallest absolute Gasteiger partial charge is 0.159 e. The van der Waals surface area contributed by atoms with Gasteiger partial charge in [-0.15, -0.1) is 0 Å². The van der Waals surface area contributed by atoms with Crippen molar-refractivity contribution in [2.75, 3.05) is 9.80 Å². The summed E-state index contributed by atoms with van der Waals surface area (Å²) < 4.78 is 13.9. The fourth-order valence-corrected chi connectivity index (χ4v) is 13.2. The number of nitrogens with zero attached hydrogens (tertiary/aromatic N) is 2. The molecule has 0 N–H and O–H groups in total. The first-order valence-electron chi connectivity index (χ1n) is 27.7. The number of rotatable bonds is 10. The Morgan fingerprint density at radius 3 is 1.20 bits per heavy atom. The van der Waals surface area contributed by atoms with Gasteiger partial charge in [-0.05, 0) is 128 Å². The molecule has 16 rings (SSSR count). The third kappa shape index (κ3) is 7.31. The highest BCUT2D eigenvalue weighted by molar-refractivity contribution is 6.15. The average molecular weight is 1040 g/mol. The Balaban J connectivity index is 0.982. The Labute approximate surface area is 469 Å². The van der Waals surface area contributed by atoms with Crippen molar-refractivity contribution in [3.8, 4) is 33.4 Å². The molecule has 4 heteroatoms. The van der Waals surface area contributed by atoms with Crippen LogP contribution in [0.3, 0.4) is 0 Å². The van der Waals surface area contributed by atoms with Crippen LogP contribution in [0.15, 0.2) is 312 Å². The summed E-state index contributed by atoms with van der Waals surface area (Å²) in [7, 11) is 0. The number of furan rings is 2. The molecule has 0 unspecified atom stereocenters. The third-order valence-corrected chi connectivity index (χ3v) is 16.7. The quantitative estimate of drug-likeness (QED) is 0.137. The van der Waals surface area contributed by atoms with E-state index in [9.17, 15) is 0 Å². The van der Waals surface area contributed by atoms with Crippen LogP contribution in [-0.4, -0.2) is 0 Å². The van der Waals surface area contributed by atoms with Crippen molar-refractivity contribution in [3.63, 3.8) is 0 Å². The van der Waals surface area contributed by atoms with E-state index in [0.29, 0.717) is 0 Å². The van der Waals surface area contributed by atoms with Crippen LogP contribution in [-0.2, 0) is 5.41 Å². The maximum Gasteiger partial charge on any atom is 0.159 e. The lowest BCUT2D eigenvalue weighted by Crippen LogP contribution is -2.29. The lowest BCUT2D eigenvalue weighted by atomic mass is 9.67. The summed E-state index contributed by atoms with van der Waals surface area (Å²) in [5, 5.41) is 6.60. The Bertz CT molecular complexity index is 4810. The minimum atomic E-state index is -0.801.